The molecule has 3 N–H and O–H groups in total. The van der Waals surface area contributed by atoms with Crippen molar-refractivity contribution in [3.63, 3.8) is 0 Å². The van der Waals surface area contributed by atoms with Gasteiger partial charge in [0, 0.05) is 36.0 Å². The number of likely N-dealkylation sites (tertiary alicyclic amines) is 2. The molecule has 2 aliphatic rings. The number of amides is 1. The third-order valence-corrected chi connectivity index (χ3v) is 10.9. The van der Waals surface area contributed by atoms with Crippen molar-refractivity contribution < 1.29 is 34.1 Å². The third-order valence-electron chi connectivity index (χ3n) is 9.76. The smallest absolute Gasteiger partial charge is 0.320 e. The topological polar surface area (TPSA) is 154 Å². The molecule has 15 heteroatoms. The Labute approximate surface area is 328 Å². The predicted molar refractivity (Wildman–Crippen MR) is 206 cm³/mol. The lowest BCUT2D eigenvalue weighted by Crippen LogP contribution is -2.44. The zero-order chi connectivity index (χ0) is 38.4. The molecule has 12 nitrogen and oxygen atoms in total. The Morgan fingerprint density at radius 2 is 1.50 bits per heavy atom. The van der Waals surface area contributed by atoms with Gasteiger partial charge >= 0.3 is 11.9 Å². The zero-order valence-corrected chi connectivity index (χ0v) is 31.8. The number of carboxylic acids is 2. The van der Waals surface area contributed by atoms with E-state index in [2.05, 4.69) is 15.3 Å². The number of nitrogens with one attached hydrogen (secondary N) is 1. The number of carbonyl (C=O) groups is 3. The zero-order valence-electron chi connectivity index (χ0n) is 29.6. The number of ether oxygens (including phenoxy) is 2. The van der Waals surface area contributed by atoms with Crippen molar-refractivity contribution >= 4 is 58.3 Å². The first-order valence-electron chi connectivity index (χ1n) is 17.7. The molecule has 2 aromatic carbocycles. The van der Waals surface area contributed by atoms with Gasteiger partial charge < -0.3 is 25.0 Å². The summed E-state index contributed by atoms with van der Waals surface area (Å²) in [7, 11) is 1.50. The third kappa shape index (κ3) is 9.07. The summed E-state index contributed by atoms with van der Waals surface area (Å²) >= 11 is 20.4. The summed E-state index contributed by atoms with van der Waals surface area (Å²) in [5.74, 6) is -1.46. The first kappa shape index (κ1) is 39.2. The number of pyridine rings is 2. The lowest BCUT2D eigenvalue weighted by molar-refractivity contribution is -0.145. The van der Waals surface area contributed by atoms with Gasteiger partial charge in [-0.25, -0.2) is 4.98 Å². The fourth-order valence-corrected chi connectivity index (χ4v) is 7.75. The van der Waals surface area contributed by atoms with Gasteiger partial charge in [0.25, 0.3) is 5.91 Å². The molecule has 2 saturated heterocycles. The monoisotopic (exact) mass is 795 g/mol. The molecule has 0 bridgehead atoms. The van der Waals surface area contributed by atoms with Crippen LogP contribution < -0.4 is 14.8 Å². The molecule has 6 rings (SSSR count). The molecular weight excluding hydrogens is 757 g/mol. The average Bonchev–Trinajstić information content (AvgIpc) is 3.16. The van der Waals surface area contributed by atoms with Crippen LogP contribution in [0.1, 0.15) is 65.8 Å². The number of nitrogens with zero attached hydrogens (tertiary/aromatic N) is 4. The van der Waals surface area contributed by atoms with Gasteiger partial charge in [0.2, 0.25) is 5.88 Å². The van der Waals surface area contributed by atoms with E-state index in [4.69, 9.17) is 44.3 Å². The fraction of sp³-hybridized carbons (Fsp3) is 0.359. The maximum atomic E-state index is 13.2. The van der Waals surface area contributed by atoms with Crippen LogP contribution >= 0.6 is 34.8 Å². The Morgan fingerprint density at radius 1 is 0.852 bits per heavy atom. The van der Waals surface area contributed by atoms with Crippen LogP contribution in [0.4, 0.5) is 5.69 Å². The first-order chi connectivity index (χ1) is 26.0. The molecule has 4 aromatic rings. The highest BCUT2D eigenvalue weighted by molar-refractivity contribution is 6.39. The van der Waals surface area contributed by atoms with Crippen molar-refractivity contribution in [2.45, 2.75) is 70.3 Å². The number of anilines is 1. The van der Waals surface area contributed by atoms with E-state index in [1.54, 1.807) is 60.8 Å². The molecule has 0 spiro atoms. The molecule has 2 atom stereocenters. The molecule has 0 radical (unpaired) electrons. The standard InChI is InChI=1S/C39H40Cl3N5O7/c1-53-37-24(21-47-17-5-3-12-32(47)39(51)52)18-27(40)30(45-37)22-54-33-13-7-9-26(35(33)42)25-8-6-10-28(34(25)41)44-36(48)29-15-14-23(19-43-29)20-46-16-4-2-11-31(46)38(49)50/h6-10,13-15,18-19,31-32H,2-5,11-12,16-17,20-22H2,1H3,(H,44,48)(H,49,50)(H,51,52)/t31-,32-/m0/s1. The number of carbonyl (C=O) groups excluding carboxylic acids is 1. The van der Waals surface area contributed by atoms with Crippen LogP contribution in [0, 0.1) is 0 Å². The molecule has 4 heterocycles. The molecule has 2 aromatic heterocycles. The molecule has 2 fully saturated rings. The second kappa shape index (κ2) is 17.8. The van der Waals surface area contributed by atoms with Crippen molar-refractivity contribution in [1.29, 1.82) is 0 Å². The van der Waals surface area contributed by atoms with Crippen LogP contribution in [0.25, 0.3) is 11.1 Å². The van der Waals surface area contributed by atoms with E-state index in [1.165, 1.54) is 7.11 Å². The van der Waals surface area contributed by atoms with Gasteiger partial charge in [0.05, 0.1) is 27.9 Å². The van der Waals surface area contributed by atoms with E-state index in [-0.39, 0.29) is 22.3 Å². The molecule has 0 aliphatic carbocycles. The Hall–Kier alpha value is -4.46. The Balaban J connectivity index is 1.13. The summed E-state index contributed by atoms with van der Waals surface area (Å²) in [4.78, 5) is 49.5. The van der Waals surface area contributed by atoms with Crippen LogP contribution in [-0.4, -0.2) is 80.1 Å². The predicted octanol–water partition coefficient (Wildman–Crippen LogP) is 7.82. The van der Waals surface area contributed by atoms with Crippen LogP contribution in [-0.2, 0) is 29.3 Å². The van der Waals surface area contributed by atoms with Gasteiger partial charge in [-0.05, 0) is 68.6 Å². The quantitative estimate of drug-likeness (QED) is 0.121. The van der Waals surface area contributed by atoms with Crippen LogP contribution in [0.3, 0.4) is 0 Å². The molecule has 54 heavy (non-hydrogen) atoms. The van der Waals surface area contributed by atoms with Gasteiger partial charge in [-0.2, -0.15) is 0 Å². The summed E-state index contributed by atoms with van der Waals surface area (Å²) in [6, 6.07) is 14.5. The van der Waals surface area contributed by atoms with Crippen molar-refractivity contribution in [3.05, 3.63) is 98.4 Å². The highest BCUT2D eigenvalue weighted by Gasteiger charge is 2.30. The number of aromatic nitrogens is 2. The summed E-state index contributed by atoms with van der Waals surface area (Å²) in [5, 5.41) is 23.0. The fourth-order valence-electron chi connectivity index (χ4n) is 6.96. The second-order valence-corrected chi connectivity index (χ2v) is 14.5. The summed E-state index contributed by atoms with van der Waals surface area (Å²) in [5.41, 5.74) is 3.56. The van der Waals surface area contributed by atoms with Gasteiger partial charge in [0.15, 0.2) is 0 Å². The number of hydrogen-bond donors (Lipinski definition) is 3. The number of halogens is 3. The summed E-state index contributed by atoms with van der Waals surface area (Å²) < 4.78 is 11.7. The Bertz CT molecular complexity index is 2020. The highest BCUT2D eigenvalue weighted by atomic mass is 35.5. The van der Waals surface area contributed by atoms with E-state index >= 15 is 0 Å². The first-order valence-corrected chi connectivity index (χ1v) is 18.8. The maximum absolute atomic E-state index is 13.2. The van der Waals surface area contributed by atoms with Crippen LogP contribution in [0.2, 0.25) is 15.1 Å². The highest BCUT2D eigenvalue weighted by Crippen LogP contribution is 2.41. The number of rotatable bonds is 13. The molecule has 284 valence electrons. The number of benzene rings is 2. The average molecular weight is 797 g/mol. The van der Waals surface area contributed by atoms with Crippen LogP contribution in [0.15, 0.2) is 60.8 Å². The summed E-state index contributed by atoms with van der Waals surface area (Å²) in [6.07, 6.45) is 6.39. The number of carboxylic acid groups (broad SMARTS) is 2. The van der Waals surface area contributed by atoms with Crippen LogP contribution in [0.5, 0.6) is 11.6 Å². The number of piperidine rings is 2. The Morgan fingerprint density at radius 3 is 2.13 bits per heavy atom. The van der Waals surface area contributed by atoms with Crippen molar-refractivity contribution in [3.8, 4) is 22.8 Å². The van der Waals surface area contributed by atoms with Crippen molar-refractivity contribution in [2.75, 3.05) is 25.5 Å². The van der Waals surface area contributed by atoms with Gasteiger partial charge in [-0.1, -0.05) is 78.0 Å². The molecule has 0 saturated carbocycles. The molecule has 0 unspecified atom stereocenters. The van der Waals surface area contributed by atoms with Gasteiger partial charge in [0.1, 0.15) is 35.8 Å². The van der Waals surface area contributed by atoms with E-state index in [9.17, 15) is 24.6 Å². The second-order valence-electron chi connectivity index (χ2n) is 13.3. The molecular formula is C39H40Cl3N5O7. The molecule has 2 aliphatic heterocycles. The van der Waals surface area contributed by atoms with E-state index in [0.717, 1.165) is 31.2 Å². The maximum Gasteiger partial charge on any atom is 0.320 e. The van der Waals surface area contributed by atoms with E-state index in [0.29, 0.717) is 83.7 Å². The normalized spacial score (nSPS) is 17.9. The van der Waals surface area contributed by atoms with Crippen molar-refractivity contribution in [1.82, 2.24) is 19.8 Å². The van der Waals surface area contributed by atoms with Crippen molar-refractivity contribution in [2.24, 2.45) is 0 Å². The molecule has 1 amide bonds. The summed E-state index contributed by atoms with van der Waals surface area (Å²) in [6.45, 7) is 2.08. The number of hydrogen-bond acceptors (Lipinski definition) is 9. The van der Waals surface area contributed by atoms with E-state index < -0.39 is 29.9 Å². The largest absolute Gasteiger partial charge is 0.486 e. The van der Waals surface area contributed by atoms with E-state index in [1.807, 2.05) is 9.80 Å². The lowest BCUT2D eigenvalue weighted by atomic mass is 10.0. The van der Waals surface area contributed by atoms with Gasteiger partial charge in [-0.15, -0.1) is 0 Å². The minimum atomic E-state index is -0.850. The number of aliphatic carboxylic acids is 2. The SMILES string of the molecule is COc1nc(COc2cccc(-c3cccc(NC(=O)c4ccc(CN5CCCC[C@H]5C(=O)O)cn4)c3Cl)c2Cl)c(Cl)cc1CN1CCCC[C@H]1C(=O)O. The minimum absolute atomic E-state index is 0.0338. The lowest BCUT2D eigenvalue weighted by Gasteiger charge is -2.33. The number of methoxy groups -OCH3 is 1. The Kier molecular flexibility index (Phi) is 12.9. The minimum Gasteiger partial charge on any atom is -0.486 e. The van der Waals surface area contributed by atoms with Gasteiger partial charge in [-0.3, -0.25) is 29.2 Å².